The van der Waals surface area contributed by atoms with Gasteiger partial charge in [0.05, 0.1) is 6.04 Å². The smallest absolute Gasteiger partial charge is 0.327 e. The van der Waals surface area contributed by atoms with Crippen LogP contribution in [0.1, 0.15) is 72.6 Å². The van der Waals surface area contributed by atoms with Gasteiger partial charge in [0.2, 0.25) is 11.8 Å². The minimum absolute atomic E-state index is 0.0507. The third kappa shape index (κ3) is 18.6. The molecule has 0 rings (SSSR count). The molecule has 0 aromatic heterocycles. The van der Waals surface area contributed by atoms with Crippen LogP contribution in [0.25, 0.3) is 0 Å². The van der Waals surface area contributed by atoms with Gasteiger partial charge < -0.3 is 38.4 Å². The van der Waals surface area contributed by atoms with Crippen molar-refractivity contribution < 1.29 is 24.3 Å². The van der Waals surface area contributed by atoms with Crippen molar-refractivity contribution in [2.75, 3.05) is 23.1 Å². The van der Waals surface area contributed by atoms with Gasteiger partial charge in [-0.25, -0.2) is 4.79 Å². The molecule has 14 heteroatoms. The van der Waals surface area contributed by atoms with Crippen molar-refractivity contribution in [1.82, 2.24) is 10.6 Å². The Morgan fingerprint density at radius 3 is 2.15 bits per heavy atom. The van der Waals surface area contributed by atoms with Crippen LogP contribution in [-0.2, 0) is 19.2 Å². The average molecular weight is 590 g/mol. The van der Waals surface area contributed by atoms with Crippen molar-refractivity contribution in [3.63, 3.8) is 0 Å². The molecule has 10 N–H and O–H groups in total. The average Bonchev–Trinajstić information content (AvgIpc) is 2.83. The third-order valence-electron chi connectivity index (χ3n) is 5.61. The molecule has 0 bridgehead atoms. The topological polar surface area (TPSA) is 227 Å². The summed E-state index contributed by atoms with van der Waals surface area (Å²) in [5, 5.41) is 23.0. The van der Waals surface area contributed by atoms with E-state index in [-0.39, 0.29) is 29.3 Å². The van der Waals surface area contributed by atoms with E-state index in [0.717, 1.165) is 0 Å². The number of unbranched alkanes of at least 4 members (excludes halogenated alkanes) is 1. The van der Waals surface area contributed by atoms with Crippen LogP contribution < -0.4 is 27.8 Å². The van der Waals surface area contributed by atoms with Crippen LogP contribution in [0.15, 0.2) is 4.99 Å². The lowest BCUT2D eigenvalue weighted by Crippen LogP contribution is -2.55. The first-order chi connectivity index (χ1) is 18.1. The molecule has 0 aliphatic carbocycles. The van der Waals surface area contributed by atoms with Gasteiger partial charge in [-0.05, 0) is 39.0 Å². The number of amides is 2. The fraction of sp³-hybridized carbons (Fsp3) is 0.760. The van der Waals surface area contributed by atoms with Gasteiger partial charge in [0.25, 0.3) is 0 Å². The molecule has 0 aliphatic heterocycles. The summed E-state index contributed by atoms with van der Waals surface area (Å²) in [5.74, 6) is -1.39. The quantitative estimate of drug-likeness (QED) is 0.0441. The van der Waals surface area contributed by atoms with E-state index in [1.54, 1.807) is 6.92 Å². The number of rotatable bonds is 21. The number of carbonyl (C=O) groups is 4. The van der Waals surface area contributed by atoms with Gasteiger partial charge in [-0.1, -0.05) is 27.2 Å². The van der Waals surface area contributed by atoms with Crippen LogP contribution in [0, 0.1) is 10.8 Å². The molecular weight excluding hydrogens is 542 g/mol. The first kappa shape index (κ1) is 36.7. The van der Waals surface area contributed by atoms with Gasteiger partial charge >= 0.3 is 5.97 Å². The molecule has 0 radical (unpaired) electrons. The molecule has 0 aromatic carbocycles. The predicted octanol–water partition coefficient (Wildman–Crippen LogP) is 1.45. The van der Waals surface area contributed by atoms with Crippen LogP contribution in [-0.4, -0.2) is 81.6 Å². The lowest BCUT2D eigenvalue weighted by atomic mass is 9.89. The second-order valence-corrected chi connectivity index (χ2v) is 12.9. The summed E-state index contributed by atoms with van der Waals surface area (Å²) < 4.78 is 0. The minimum Gasteiger partial charge on any atom is -0.480 e. The van der Waals surface area contributed by atoms with Gasteiger partial charge in [0.1, 0.15) is 17.9 Å². The molecule has 0 spiro atoms. The predicted molar refractivity (Wildman–Crippen MR) is 160 cm³/mol. The normalized spacial score (nSPS) is 13.6. The Morgan fingerprint density at radius 1 is 0.949 bits per heavy atom. The van der Waals surface area contributed by atoms with Crippen molar-refractivity contribution >= 4 is 58.8 Å². The van der Waals surface area contributed by atoms with Gasteiger partial charge in [0.15, 0.2) is 5.96 Å². The fourth-order valence-electron chi connectivity index (χ4n) is 3.21. The number of hydrogen-bond acceptors (Lipinski definition) is 9. The lowest BCUT2D eigenvalue weighted by Gasteiger charge is -2.23. The number of hydrogen-bond donors (Lipinski definition) is 7. The van der Waals surface area contributed by atoms with Crippen molar-refractivity contribution in [3.8, 4) is 0 Å². The Kier molecular flexibility index (Phi) is 18.5. The number of carbonyl (C=O) groups excluding carboxylic acids is 3. The summed E-state index contributed by atoms with van der Waals surface area (Å²) in [6, 6.07) is -2.99. The number of nitrogens with zero attached hydrogens (tertiary/aromatic N) is 1. The van der Waals surface area contributed by atoms with Crippen LogP contribution in [0.5, 0.6) is 0 Å². The number of aliphatic carboxylic acids is 1. The highest BCUT2D eigenvalue weighted by molar-refractivity contribution is 8.16. The van der Waals surface area contributed by atoms with E-state index in [0.29, 0.717) is 61.6 Å². The summed E-state index contributed by atoms with van der Waals surface area (Å²) in [4.78, 5) is 53.3. The van der Waals surface area contributed by atoms with Crippen molar-refractivity contribution in [3.05, 3.63) is 0 Å². The Balaban J connectivity index is 4.95. The Labute approximate surface area is 240 Å². The zero-order valence-corrected chi connectivity index (χ0v) is 25.2. The van der Waals surface area contributed by atoms with Gasteiger partial charge in [-0.3, -0.25) is 19.4 Å². The highest BCUT2D eigenvalue weighted by atomic mass is 32.2. The number of Topliss-reactive ketones (excluding diaryl/α,β-unsaturated/α-hetero) is 1. The first-order valence-corrected chi connectivity index (χ1v) is 15.3. The zero-order chi connectivity index (χ0) is 30.0. The molecule has 0 fully saturated rings. The Hall–Kier alpha value is -2.32. The second-order valence-electron chi connectivity index (χ2n) is 10.4. The molecule has 39 heavy (non-hydrogen) atoms. The van der Waals surface area contributed by atoms with Crippen LogP contribution >= 0.6 is 23.5 Å². The largest absolute Gasteiger partial charge is 0.480 e. The fourth-order valence-corrected chi connectivity index (χ4v) is 5.33. The monoisotopic (exact) mass is 589 g/mol. The number of thioether (sulfide) groups is 2. The maximum absolute atomic E-state index is 13.0. The standard InChI is InChI=1S/C25H47N7O5S2/c1-16(26)8-5-6-10-18(31-21(34)17(27)9-7-12-30-24(28)29)22(35)32-19(23(36)37)14-39-15-38-13-11-20(33)25(2,3)4/h17-19,26H,5-15,27H2,1-4H3,(H,31,34)(H,32,35)(H,36,37)(H4,28,29,30)/t17-,18-,19-/m0/s1. The molecule has 0 saturated heterocycles. The van der Waals surface area contributed by atoms with E-state index in [1.807, 2.05) is 20.8 Å². The molecule has 12 nitrogen and oxygen atoms in total. The summed E-state index contributed by atoms with van der Waals surface area (Å²) >= 11 is 2.90. The summed E-state index contributed by atoms with van der Waals surface area (Å²) in [7, 11) is 0. The molecular formula is C25H47N7O5S2. The van der Waals surface area contributed by atoms with Gasteiger partial charge in [-0.2, -0.15) is 11.8 Å². The molecule has 2 amide bonds. The molecule has 224 valence electrons. The molecule has 0 heterocycles. The Bertz CT molecular complexity index is 845. The van der Waals surface area contributed by atoms with Crippen LogP contribution in [0.4, 0.5) is 0 Å². The van der Waals surface area contributed by atoms with E-state index >= 15 is 0 Å². The van der Waals surface area contributed by atoms with Crippen molar-refractivity contribution in [2.45, 2.75) is 90.8 Å². The van der Waals surface area contributed by atoms with E-state index in [4.69, 9.17) is 22.6 Å². The maximum atomic E-state index is 13.0. The number of carboxylic acids is 1. The summed E-state index contributed by atoms with van der Waals surface area (Å²) in [6.45, 7) is 7.65. The SMILES string of the molecule is CC(=N)CCCC[C@H](NC(=O)[C@@H](N)CCCN=C(N)N)C(=O)N[C@@H](CSCSCCC(=O)C(C)(C)C)C(=O)O. The number of nitrogens with one attached hydrogen (secondary N) is 3. The second kappa shape index (κ2) is 19.7. The van der Waals surface area contributed by atoms with Crippen LogP contribution in [0.2, 0.25) is 0 Å². The number of nitrogens with two attached hydrogens (primary N) is 3. The molecule has 0 aromatic rings. The van der Waals surface area contributed by atoms with E-state index in [9.17, 15) is 24.3 Å². The summed E-state index contributed by atoms with van der Waals surface area (Å²) in [5.41, 5.74) is 16.7. The van der Waals surface area contributed by atoms with Crippen molar-refractivity contribution in [1.29, 1.82) is 5.41 Å². The van der Waals surface area contributed by atoms with E-state index in [1.165, 1.54) is 23.5 Å². The van der Waals surface area contributed by atoms with E-state index < -0.39 is 35.9 Å². The molecule has 0 unspecified atom stereocenters. The highest BCUT2D eigenvalue weighted by Gasteiger charge is 2.28. The molecule has 0 aliphatic rings. The zero-order valence-electron chi connectivity index (χ0n) is 23.6. The Morgan fingerprint density at radius 2 is 1.59 bits per heavy atom. The van der Waals surface area contributed by atoms with E-state index in [2.05, 4.69) is 15.6 Å². The molecule has 0 saturated carbocycles. The number of carboxylic acid groups (broad SMARTS) is 1. The highest BCUT2D eigenvalue weighted by Crippen LogP contribution is 2.20. The number of ketones is 1. The molecule has 3 atom stereocenters. The number of guanidine groups is 1. The van der Waals surface area contributed by atoms with Crippen molar-refractivity contribution in [2.24, 2.45) is 27.6 Å². The van der Waals surface area contributed by atoms with Gasteiger partial charge in [-0.15, -0.1) is 11.8 Å². The lowest BCUT2D eigenvalue weighted by molar-refractivity contribution is -0.141. The summed E-state index contributed by atoms with van der Waals surface area (Å²) in [6.07, 6.45) is 3.29. The van der Waals surface area contributed by atoms with Crippen LogP contribution in [0.3, 0.4) is 0 Å². The maximum Gasteiger partial charge on any atom is 0.327 e. The van der Waals surface area contributed by atoms with Gasteiger partial charge in [0, 0.05) is 40.7 Å². The number of aliphatic imine (C=N–C) groups is 1. The minimum atomic E-state index is -1.18. The third-order valence-corrected chi connectivity index (χ3v) is 8.00. The first-order valence-electron chi connectivity index (χ1n) is 13.0.